The minimum Gasteiger partial charge on any atom is -0.327 e. The van der Waals surface area contributed by atoms with Gasteiger partial charge in [-0.1, -0.05) is 38.2 Å². The van der Waals surface area contributed by atoms with Gasteiger partial charge in [0.15, 0.2) is 0 Å². The molecule has 0 atom stereocenters. The van der Waals surface area contributed by atoms with Gasteiger partial charge in [-0.15, -0.1) is 0 Å². The van der Waals surface area contributed by atoms with Gasteiger partial charge in [0.25, 0.3) is 0 Å². The third-order valence-electron chi connectivity index (χ3n) is 1.23. The predicted octanol–water partition coefficient (Wildman–Crippen LogP) is 2.70. The summed E-state index contributed by atoms with van der Waals surface area (Å²) < 4.78 is 0. The highest BCUT2D eigenvalue weighted by atomic mass is 16.1. The molecule has 0 heterocycles. The van der Waals surface area contributed by atoms with Crippen LogP contribution < -0.4 is 5.73 Å². The van der Waals surface area contributed by atoms with Crippen LogP contribution >= 0.6 is 0 Å². The van der Waals surface area contributed by atoms with Crippen LogP contribution in [0.5, 0.6) is 0 Å². The van der Waals surface area contributed by atoms with E-state index in [9.17, 15) is 4.79 Å². The van der Waals surface area contributed by atoms with Crippen LogP contribution in [0.2, 0.25) is 0 Å². The molecule has 0 fully saturated rings. The van der Waals surface area contributed by atoms with E-state index in [4.69, 9.17) is 5.73 Å². The van der Waals surface area contributed by atoms with E-state index in [1.54, 1.807) is 6.08 Å². The Hall–Kier alpha value is -0.890. The molecule has 13 heavy (non-hydrogen) atoms. The summed E-state index contributed by atoms with van der Waals surface area (Å²) >= 11 is 0. The third-order valence-corrected chi connectivity index (χ3v) is 1.23. The average Bonchev–Trinajstić information content (AvgIpc) is 2.18. The second-order valence-electron chi connectivity index (χ2n) is 2.22. The Morgan fingerprint density at radius 2 is 1.77 bits per heavy atom. The molecule has 0 aliphatic heterocycles. The lowest BCUT2D eigenvalue weighted by atomic mass is 10.2. The van der Waals surface area contributed by atoms with E-state index >= 15 is 0 Å². The molecule has 0 radical (unpaired) electrons. The zero-order valence-corrected chi connectivity index (χ0v) is 8.92. The van der Waals surface area contributed by atoms with Crippen LogP contribution in [0.4, 0.5) is 0 Å². The monoisotopic (exact) mass is 185 g/mol. The molecule has 0 bridgehead atoms. The summed E-state index contributed by atoms with van der Waals surface area (Å²) in [7, 11) is 0. The van der Waals surface area contributed by atoms with Gasteiger partial charge < -0.3 is 5.73 Å². The fourth-order valence-electron chi connectivity index (χ4n) is 0.644. The standard InChI is InChI=1S/C9H15NO.C2H6.H2/c1-2-3-6-9(11)7-4-5-8-10;1-2;/h2-5H,6-8,10H2,1H3;1-2H3;1H/b3-2+,5-4+;;. The Bertz CT molecular complexity index is 165. The minimum atomic E-state index is 0. The topological polar surface area (TPSA) is 43.1 Å². The highest BCUT2D eigenvalue weighted by Gasteiger charge is 1.92. The van der Waals surface area contributed by atoms with Crippen LogP contribution in [-0.4, -0.2) is 12.3 Å². The SMILES string of the molecule is C/C=C/CC(=O)C/C=C/CN.CC.[HH]. The van der Waals surface area contributed by atoms with Gasteiger partial charge in [-0.2, -0.15) is 0 Å². The maximum absolute atomic E-state index is 10.9. The van der Waals surface area contributed by atoms with Gasteiger partial charge in [-0.05, 0) is 6.92 Å². The van der Waals surface area contributed by atoms with Crippen molar-refractivity contribution in [2.45, 2.75) is 33.6 Å². The van der Waals surface area contributed by atoms with Crippen molar-refractivity contribution in [2.75, 3.05) is 6.54 Å². The Morgan fingerprint density at radius 1 is 1.23 bits per heavy atom. The van der Waals surface area contributed by atoms with Crippen LogP contribution in [0, 0.1) is 0 Å². The van der Waals surface area contributed by atoms with E-state index in [0.29, 0.717) is 19.4 Å². The highest BCUT2D eigenvalue weighted by Crippen LogP contribution is 1.92. The molecule has 0 aromatic carbocycles. The number of hydrogen-bond donors (Lipinski definition) is 1. The van der Waals surface area contributed by atoms with E-state index in [0.717, 1.165) is 0 Å². The number of carbonyl (C=O) groups is 1. The fourth-order valence-corrected chi connectivity index (χ4v) is 0.644. The van der Waals surface area contributed by atoms with Crippen molar-refractivity contribution in [1.82, 2.24) is 0 Å². The summed E-state index contributed by atoms with van der Waals surface area (Å²) in [4.78, 5) is 10.9. The van der Waals surface area contributed by atoms with Gasteiger partial charge in [0, 0.05) is 20.8 Å². The van der Waals surface area contributed by atoms with E-state index in [1.165, 1.54) is 0 Å². The minimum absolute atomic E-state index is 0. The summed E-state index contributed by atoms with van der Waals surface area (Å²) in [5.74, 6) is 0.229. The number of allylic oxidation sites excluding steroid dienone is 3. The number of hydrogen-bond acceptors (Lipinski definition) is 2. The molecule has 2 nitrogen and oxygen atoms in total. The Morgan fingerprint density at radius 3 is 2.23 bits per heavy atom. The van der Waals surface area contributed by atoms with Crippen molar-refractivity contribution in [3.05, 3.63) is 24.3 Å². The van der Waals surface area contributed by atoms with E-state index < -0.39 is 0 Å². The Balaban J connectivity index is -0.000000376. The third kappa shape index (κ3) is 14.0. The van der Waals surface area contributed by atoms with Gasteiger partial charge in [0.1, 0.15) is 5.78 Å². The summed E-state index contributed by atoms with van der Waals surface area (Å²) in [5, 5.41) is 0. The van der Waals surface area contributed by atoms with E-state index in [-0.39, 0.29) is 7.21 Å². The first-order valence-corrected chi connectivity index (χ1v) is 4.79. The quantitative estimate of drug-likeness (QED) is 0.669. The highest BCUT2D eigenvalue weighted by molar-refractivity contribution is 5.81. The molecule has 2 N–H and O–H groups in total. The molecule has 0 aromatic rings. The van der Waals surface area contributed by atoms with Crippen molar-refractivity contribution in [2.24, 2.45) is 5.73 Å². The lowest BCUT2D eigenvalue weighted by molar-refractivity contribution is -0.117. The molecule has 0 spiro atoms. The van der Waals surface area contributed by atoms with Gasteiger partial charge in [0.2, 0.25) is 0 Å². The molecule has 0 saturated heterocycles. The summed E-state index contributed by atoms with van der Waals surface area (Å²) in [5.41, 5.74) is 5.20. The molecule has 0 aromatic heterocycles. The molecule has 0 aliphatic rings. The molecule has 0 rings (SSSR count). The fraction of sp³-hybridized carbons (Fsp3) is 0.545. The van der Waals surface area contributed by atoms with Gasteiger partial charge >= 0.3 is 0 Å². The largest absolute Gasteiger partial charge is 0.327 e. The zero-order chi connectivity index (χ0) is 10.5. The van der Waals surface area contributed by atoms with Gasteiger partial charge in [-0.25, -0.2) is 0 Å². The van der Waals surface area contributed by atoms with Crippen LogP contribution in [0.1, 0.15) is 35.0 Å². The molecule has 0 amide bonds. The molecule has 0 saturated carbocycles. The first-order valence-electron chi connectivity index (χ1n) is 4.79. The number of ketones is 1. The van der Waals surface area contributed by atoms with Crippen molar-refractivity contribution in [3.63, 3.8) is 0 Å². The smallest absolute Gasteiger partial charge is 0.140 e. The van der Waals surface area contributed by atoms with Crippen molar-refractivity contribution in [1.29, 1.82) is 0 Å². The van der Waals surface area contributed by atoms with Crippen LogP contribution in [0.15, 0.2) is 24.3 Å². The lowest BCUT2D eigenvalue weighted by Gasteiger charge is -1.88. The van der Waals surface area contributed by atoms with E-state index in [1.807, 2.05) is 39.0 Å². The molecule has 2 heteroatoms. The van der Waals surface area contributed by atoms with Gasteiger partial charge in [0.05, 0.1) is 0 Å². The summed E-state index contributed by atoms with van der Waals surface area (Å²) in [6.45, 7) is 6.42. The number of carbonyl (C=O) groups excluding carboxylic acids is 1. The number of Topliss-reactive ketones (excluding diaryl/α,β-unsaturated/α-hetero) is 1. The first-order chi connectivity index (χ1) is 6.31. The van der Waals surface area contributed by atoms with Crippen molar-refractivity contribution in [3.8, 4) is 0 Å². The normalized spacial score (nSPS) is 10.2. The average molecular weight is 185 g/mol. The Labute approximate surface area is 83.0 Å². The van der Waals surface area contributed by atoms with Crippen LogP contribution in [0.3, 0.4) is 0 Å². The maximum Gasteiger partial charge on any atom is 0.140 e. The van der Waals surface area contributed by atoms with Crippen LogP contribution in [-0.2, 0) is 4.79 Å². The lowest BCUT2D eigenvalue weighted by Crippen LogP contribution is -1.95. The molecular weight excluding hydrogens is 162 g/mol. The Kier molecular flexibility index (Phi) is 15.4. The number of rotatable bonds is 5. The zero-order valence-electron chi connectivity index (χ0n) is 8.92. The predicted molar refractivity (Wildman–Crippen MR) is 60.7 cm³/mol. The maximum atomic E-state index is 10.9. The van der Waals surface area contributed by atoms with Gasteiger partial charge in [-0.3, -0.25) is 4.79 Å². The number of nitrogens with two attached hydrogens (primary N) is 1. The van der Waals surface area contributed by atoms with Crippen molar-refractivity contribution >= 4 is 5.78 Å². The summed E-state index contributed by atoms with van der Waals surface area (Å²) in [6, 6.07) is 0. The van der Waals surface area contributed by atoms with Crippen LogP contribution in [0.25, 0.3) is 0 Å². The second kappa shape index (κ2) is 13.7. The van der Waals surface area contributed by atoms with E-state index in [2.05, 4.69) is 0 Å². The molecular formula is C11H23NO. The molecule has 0 aliphatic carbocycles. The molecule has 0 unspecified atom stereocenters. The second-order valence-corrected chi connectivity index (χ2v) is 2.22. The first kappa shape index (κ1) is 14.6. The summed E-state index contributed by atoms with van der Waals surface area (Å²) in [6.07, 6.45) is 8.38. The molecule has 78 valence electrons. The van der Waals surface area contributed by atoms with Crippen molar-refractivity contribution < 1.29 is 6.22 Å².